The maximum atomic E-state index is 12.8. The van der Waals surface area contributed by atoms with Gasteiger partial charge in [0.15, 0.2) is 0 Å². The number of rotatable bonds is 4. The minimum atomic E-state index is 0.139. The first-order valence-electron chi connectivity index (χ1n) is 9.17. The second-order valence-electron chi connectivity index (χ2n) is 7.18. The van der Waals surface area contributed by atoms with Gasteiger partial charge in [-0.25, -0.2) is 0 Å². The van der Waals surface area contributed by atoms with Gasteiger partial charge < -0.3 is 4.90 Å². The Labute approximate surface area is 148 Å². The molecule has 3 aliphatic rings. The molecule has 6 heteroatoms. The van der Waals surface area contributed by atoms with Gasteiger partial charge in [0.1, 0.15) is 0 Å². The first kappa shape index (κ1) is 16.3. The van der Waals surface area contributed by atoms with E-state index in [9.17, 15) is 4.79 Å². The summed E-state index contributed by atoms with van der Waals surface area (Å²) >= 11 is 0. The van der Waals surface area contributed by atoms with Crippen molar-refractivity contribution in [2.24, 2.45) is 5.92 Å². The third-order valence-electron chi connectivity index (χ3n) is 5.44. The van der Waals surface area contributed by atoms with E-state index in [0.29, 0.717) is 12.0 Å². The number of fused-ring (bicyclic) bond motifs is 4. The van der Waals surface area contributed by atoms with Crippen LogP contribution in [0.3, 0.4) is 0 Å². The molecule has 3 saturated heterocycles. The minimum absolute atomic E-state index is 0.139. The van der Waals surface area contributed by atoms with Crippen molar-refractivity contribution in [1.82, 2.24) is 24.6 Å². The molecule has 3 fully saturated rings. The van der Waals surface area contributed by atoms with Crippen molar-refractivity contribution < 1.29 is 4.79 Å². The molecule has 2 aromatic rings. The SMILES string of the molecule is CCn1cc(CN2C[C@@H]3CC[C@H]2CN(C(=O)c2ccncc2)C3)cn1. The molecule has 0 aliphatic carbocycles. The fraction of sp³-hybridized carbons (Fsp3) is 0.526. The number of aromatic nitrogens is 3. The lowest BCUT2D eigenvalue weighted by Gasteiger charge is -2.35. The zero-order valence-corrected chi connectivity index (χ0v) is 14.7. The summed E-state index contributed by atoms with van der Waals surface area (Å²) in [7, 11) is 0. The van der Waals surface area contributed by atoms with Crippen LogP contribution < -0.4 is 0 Å². The van der Waals surface area contributed by atoms with Gasteiger partial charge in [-0.2, -0.15) is 5.10 Å². The van der Waals surface area contributed by atoms with Gasteiger partial charge in [-0.15, -0.1) is 0 Å². The van der Waals surface area contributed by atoms with Gasteiger partial charge in [-0.05, 0) is 37.8 Å². The van der Waals surface area contributed by atoms with Gasteiger partial charge in [-0.3, -0.25) is 19.4 Å². The molecule has 25 heavy (non-hydrogen) atoms. The number of nitrogens with zero attached hydrogens (tertiary/aromatic N) is 5. The van der Waals surface area contributed by atoms with Crippen molar-refractivity contribution in [1.29, 1.82) is 0 Å². The largest absolute Gasteiger partial charge is 0.337 e. The number of carbonyl (C=O) groups is 1. The highest BCUT2D eigenvalue weighted by molar-refractivity contribution is 5.94. The van der Waals surface area contributed by atoms with E-state index in [4.69, 9.17) is 0 Å². The molecular formula is C19H25N5O. The van der Waals surface area contributed by atoms with Crippen molar-refractivity contribution in [2.45, 2.75) is 38.9 Å². The van der Waals surface area contributed by atoms with Gasteiger partial charge in [0.25, 0.3) is 5.91 Å². The van der Waals surface area contributed by atoms with Crippen molar-refractivity contribution in [3.63, 3.8) is 0 Å². The monoisotopic (exact) mass is 339 g/mol. The van der Waals surface area contributed by atoms with E-state index >= 15 is 0 Å². The number of carbonyl (C=O) groups excluding carboxylic acids is 1. The average Bonchev–Trinajstić information content (AvgIpc) is 2.91. The normalized spacial score (nSPS) is 23.6. The highest BCUT2D eigenvalue weighted by Crippen LogP contribution is 2.29. The third kappa shape index (κ3) is 3.44. The molecule has 0 radical (unpaired) electrons. The molecule has 6 nitrogen and oxygen atoms in total. The number of hydrogen-bond acceptors (Lipinski definition) is 4. The maximum absolute atomic E-state index is 12.8. The smallest absolute Gasteiger partial charge is 0.254 e. The summed E-state index contributed by atoms with van der Waals surface area (Å²) in [6.07, 6.45) is 9.89. The Hall–Kier alpha value is -2.21. The van der Waals surface area contributed by atoms with Crippen LogP contribution in [0.15, 0.2) is 36.9 Å². The molecule has 0 spiro atoms. The summed E-state index contributed by atoms with van der Waals surface area (Å²) in [6, 6.07) is 4.06. The summed E-state index contributed by atoms with van der Waals surface area (Å²) < 4.78 is 1.98. The molecule has 2 bridgehead atoms. The minimum Gasteiger partial charge on any atom is -0.337 e. The number of amides is 1. The molecule has 5 heterocycles. The van der Waals surface area contributed by atoms with Crippen LogP contribution >= 0.6 is 0 Å². The molecule has 132 valence electrons. The second-order valence-corrected chi connectivity index (χ2v) is 7.18. The fourth-order valence-electron chi connectivity index (χ4n) is 4.11. The van der Waals surface area contributed by atoms with Crippen LogP contribution in [-0.4, -0.2) is 56.1 Å². The predicted molar refractivity (Wildman–Crippen MR) is 95.0 cm³/mol. The lowest BCUT2D eigenvalue weighted by atomic mass is 9.95. The first-order chi connectivity index (χ1) is 12.2. The topological polar surface area (TPSA) is 54.3 Å². The zero-order valence-electron chi connectivity index (χ0n) is 14.7. The Bertz CT molecular complexity index is 728. The standard InChI is InChI=1S/C19H25N5O/c1-2-24-13-16(9-21-24)12-22-10-15-3-4-18(22)14-23(11-15)19(25)17-5-7-20-8-6-17/h5-9,13,15,18H,2-4,10-12,14H2,1H3/t15-,18-/m0/s1. The van der Waals surface area contributed by atoms with Crippen LogP contribution in [0.4, 0.5) is 0 Å². The van der Waals surface area contributed by atoms with Gasteiger partial charge in [-0.1, -0.05) is 0 Å². The van der Waals surface area contributed by atoms with Crippen molar-refractivity contribution in [3.05, 3.63) is 48.0 Å². The van der Waals surface area contributed by atoms with Crippen LogP contribution in [0.25, 0.3) is 0 Å². The average molecular weight is 339 g/mol. The molecule has 2 atom stereocenters. The van der Waals surface area contributed by atoms with Crippen molar-refractivity contribution in [2.75, 3.05) is 19.6 Å². The molecule has 3 aliphatic heterocycles. The molecule has 0 saturated carbocycles. The van der Waals surface area contributed by atoms with Crippen molar-refractivity contribution in [3.8, 4) is 0 Å². The lowest BCUT2D eigenvalue weighted by molar-refractivity contribution is 0.0736. The van der Waals surface area contributed by atoms with Crippen LogP contribution in [0, 0.1) is 5.92 Å². The Morgan fingerprint density at radius 1 is 1.20 bits per heavy atom. The molecule has 5 rings (SSSR count). The summed E-state index contributed by atoms with van der Waals surface area (Å²) in [5.41, 5.74) is 2.01. The summed E-state index contributed by atoms with van der Waals surface area (Å²) in [6.45, 7) is 6.69. The lowest BCUT2D eigenvalue weighted by Crippen LogP contribution is -2.43. The van der Waals surface area contributed by atoms with Crippen LogP contribution in [0.5, 0.6) is 0 Å². The third-order valence-corrected chi connectivity index (χ3v) is 5.44. The molecule has 2 aromatic heterocycles. The number of aryl methyl sites for hydroxylation is 1. The molecule has 1 amide bonds. The Balaban J connectivity index is 1.47. The Kier molecular flexibility index (Phi) is 4.53. The van der Waals surface area contributed by atoms with Crippen molar-refractivity contribution >= 4 is 5.91 Å². The number of piperidine rings is 1. The predicted octanol–water partition coefficient (Wildman–Crippen LogP) is 2.03. The molecule has 0 unspecified atom stereocenters. The van der Waals surface area contributed by atoms with Crippen LogP contribution in [0.2, 0.25) is 0 Å². The zero-order chi connectivity index (χ0) is 17.2. The highest BCUT2D eigenvalue weighted by atomic mass is 16.2. The van der Waals surface area contributed by atoms with Gasteiger partial charge in [0.05, 0.1) is 6.20 Å². The highest BCUT2D eigenvalue weighted by Gasteiger charge is 2.36. The molecular weight excluding hydrogens is 314 g/mol. The van der Waals surface area contributed by atoms with Gasteiger partial charge >= 0.3 is 0 Å². The quantitative estimate of drug-likeness (QED) is 0.855. The van der Waals surface area contributed by atoms with E-state index in [1.807, 2.05) is 27.9 Å². The van der Waals surface area contributed by atoms with Crippen LogP contribution in [0.1, 0.15) is 35.7 Å². The Morgan fingerprint density at radius 2 is 2.04 bits per heavy atom. The van der Waals surface area contributed by atoms with E-state index in [0.717, 1.165) is 38.3 Å². The molecule has 0 aromatic carbocycles. The molecule has 0 N–H and O–H groups in total. The van der Waals surface area contributed by atoms with Gasteiger partial charge in [0, 0.05) is 68.5 Å². The van der Waals surface area contributed by atoms with E-state index < -0.39 is 0 Å². The fourth-order valence-corrected chi connectivity index (χ4v) is 4.11. The summed E-state index contributed by atoms with van der Waals surface area (Å²) in [5.74, 6) is 0.700. The Morgan fingerprint density at radius 3 is 2.80 bits per heavy atom. The number of hydrogen-bond donors (Lipinski definition) is 0. The second kappa shape index (κ2) is 6.96. The first-order valence-corrected chi connectivity index (χ1v) is 9.17. The van der Waals surface area contributed by atoms with E-state index in [2.05, 4.69) is 28.1 Å². The van der Waals surface area contributed by atoms with E-state index in [1.165, 1.54) is 18.4 Å². The summed E-state index contributed by atoms with van der Waals surface area (Å²) in [5, 5.41) is 4.39. The number of pyridine rings is 1. The van der Waals surface area contributed by atoms with E-state index in [-0.39, 0.29) is 5.91 Å². The van der Waals surface area contributed by atoms with Crippen LogP contribution in [-0.2, 0) is 13.1 Å². The van der Waals surface area contributed by atoms with Gasteiger partial charge in [0.2, 0.25) is 0 Å². The maximum Gasteiger partial charge on any atom is 0.254 e. The van der Waals surface area contributed by atoms with E-state index in [1.54, 1.807) is 12.4 Å². The summed E-state index contributed by atoms with van der Waals surface area (Å²) in [4.78, 5) is 21.5.